The lowest BCUT2D eigenvalue weighted by Gasteiger charge is -2.17. The summed E-state index contributed by atoms with van der Waals surface area (Å²) in [5.74, 6) is -0.373. The molecule has 0 aliphatic carbocycles. The standard InChI is InChI=1S/C26H28N2O5/c1-15(2)32-24-13-18(26(31)33-16(3)4)7-11-22(24)21-12-10-20(14-23(21)29)28-25(30)17-5-8-19(27)9-6-17/h5-16,29H,27H2,1-4H3,(H,28,30). The number of hydrogen-bond acceptors (Lipinski definition) is 6. The molecule has 1 amide bonds. The van der Waals surface area contributed by atoms with Gasteiger partial charge in [0.1, 0.15) is 11.5 Å². The van der Waals surface area contributed by atoms with Gasteiger partial charge in [0.25, 0.3) is 5.91 Å². The van der Waals surface area contributed by atoms with Crippen molar-refractivity contribution in [2.45, 2.75) is 39.9 Å². The van der Waals surface area contributed by atoms with E-state index in [1.807, 2.05) is 13.8 Å². The minimum Gasteiger partial charge on any atom is -0.507 e. The quantitative estimate of drug-likeness (QED) is 0.336. The summed E-state index contributed by atoms with van der Waals surface area (Å²) in [6.45, 7) is 7.31. The monoisotopic (exact) mass is 448 g/mol. The second kappa shape index (κ2) is 10.1. The Morgan fingerprint density at radius 1 is 0.848 bits per heavy atom. The molecule has 0 fully saturated rings. The average molecular weight is 449 g/mol. The number of anilines is 2. The van der Waals surface area contributed by atoms with Crippen LogP contribution < -0.4 is 15.8 Å². The fourth-order valence-electron chi connectivity index (χ4n) is 3.18. The molecule has 0 saturated carbocycles. The van der Waals surface area contributed by atoms with Crippen LogP contribution in [0.3, 0.4) is 0 Å². The Kier molecular flexibility index (Phi) is 7.23. The molecule has 0 aliphatic heterocycles. The molecule has 0 aromatic heterocycles. The third-order valence-electron chi connectivity index (χ3n) is 4.64. The second-order valence-corrected chi connectivity index (χ2v) is 8.14. The zero-order valence-electron chi connectivity index (χ0n) is 19.1. The van der Waals surface area contributed by atoms with Gasteiger partial charge >= 0.3 is 5.97 Å². The molecule has 0 radical (unpaired) electrons. The summed E-state index contributed by atoms with van der Waals surface area (Å²) in [7, 11) is 0. The SMILES string of the molecule is CC(C)OC(=O)c1ccc(-c2ccc(NC(=O)c3ccc(N)cc3)cc2O)c(OC(C)C)c1. The third kappa shape index (κ3) is 6.04. The molecule has 0 aliphatic rings. The predicted octanol–water partition coefficient (Wildman–Crippen LogP) is 5.25. The predicted molar refractivity (Wildman–Crippen MR) is 129 cm³/mol. The molecule has 0 atom stereocenters. The van der Waals surface area contributed by atoms with Crippen LogP contribution in [-0.4, -0.2) is 29.2 Å². The molecule has 0 spiro atoms. The first-order valence-corrected chi connectivity index (χ1v) is 10.7. The van der Waals surface area contributed by atoms with Crippen molar-refractivity contribution in [1.82, 2.24) is 0 Å². The first-order valence-electron chi connectivity index (χ1n) is 10.7. The maximum atomic E-state index is 12.4. The number of carbonyl (C=O) groups is 2. The number of nitrogen functional groups attached to an aromatic ring is 1. The Labute approximate surface area is 193 Å². The number of benzene rings is 3. The average Bonchev–Trinajstić information content (AvgIpc) is 2.73. The molecule has 7 heteroatoms. The van der Waals surface area contributed by atoms with Gasteiger partial charge in [-0.15, -0.1) is 0 Å². The largest absolute Gasteiger partial charge is 0.507 e. The number of phenolic OH excluding ortho intramolecular Hbond substituents is 1. The third-order valence-corrected chi connectivity index (χ3v) is 4.64. The van der Waals surface area contributed by atoms with E-state index < -0.39 is 5.97 Å². The highest BCUT2D eigenvalue weighted by Gasteiger charge is 2.17. The van der Waals surface area contributed by atoms with Gasteiger partial charge < -0.3 is 25.6 Å². The van der Waals surface area contributed by atoms with Crippen LogP contribution in [0.25, 0.3) is 11.1 Å². The maximum absolute atomic E-state index is 12.4. The van der Waals surface area contributed by atoms with Gasteiger partial charge in [-0.3, -0.25) is 4.79 Å². The van der Waals surface area contributed by atoms with E-state index in [2.05, 4.69) is 5.32 Å². The van der Waals surface area contributed by atoms with Gasteiger partial charge in [-0.05, 0) is 82.3 Å². The molecule has 4 N–H and O–H groups in total. The van der Waals surface area contributed by atoms with E-state index in [4.69, 9.17) is 15.2 Å². The van der Waals surface area contributed by atoms with Crippen LogP contribution in [0.5, 0.6) is 11.5 Å². The molecule has 3 aromatic rings. The van der Waals surface area contributed by atoms with Crippen molar-refractivity contribution in [3.05, 3.63) is 71.8 Å². The van der Waals surface area contributed by atoms with Gasteiger partial charge in [-0.2, -0.15) is 0 Å². The molecule has 3 rings (SSSR count). The number of hydrogen-bond donors (Lipinski definition) is 3. The van der Waals surface area contributed by atoms with E-state index in [1.54, 1.807) is 68.4 Å². The Hall–Kier alpha value is -4.00. The van der Waals surface area contributed by atoms with Crippen LogP contribution in [0.2, 0.25) is 0 Å². The first kappa shape index (κ1) is 23.7. The molecule has 3 aromatic carbocycles. The number of amides is 1. The van der Waals surface area contributed by atoms with Gasteiger partial charge in [0.2, 0.25) is 0 Å². The molecule has 7 nitrogen and oxygen atoms in total. The number of phenols is 1. The zero-order valence-corrected chi connectivity index (χ0v) is 19.1. The Morgan fingerprint density at radius 2 is 1.48 bits per heavy atom. The summed E-state index contributed by atoms with van der Waals surface area (Å²) >= 11 is 0. The number of ether oxygens (including phenoxy) is 2. The van der Waals surface area contributed by atoms with Crippen LogP contribution >= 0.6 is 0 Å². The van der Waals surface area contributed by atoms with Crippen LogP contribution in [0.15, 0.2) is 60.7 Å². The summed E-state index contributed by atoms with van der Waals surface area (Å²) < 4.78 is 11.2. The number of nitrogens with one attached hydrogen (secondary N) is 1. The Morgan fingerprint density at radius 3 is 2.09 bits per heavy atom. The number of rotatable bonds is 7. The lowest BCUT2D eigenvalue weighted by atomic mass is 10.0. The number of nitrogens with two attached hydrogens (primary N) is 1. The Bertz CT molecular complexity index is 1150. The van der Waals surface area contributed by atoms with Crippen molar-refractivity contribution in [2.75, 3.05) is 11.1 Å². The van der Waals surface area contributed by atoms with Crippen LogP contribution in [0.1, 0.15) is 48.4 Å². The molecule has 172 valence electrons. The fourth-order valence-corrected chi connectivity index (χ4v) is 3.18. The van der Waals surface area contributed by atoms with Crippen molar-refractivity contribution >= 4 is 23.3 Å². The van der Waals surface area contributed by atoms with Gasteiger partial charge in [-0.1, -0.05) is 0 Å². The highest BCUT2D eigenvalue weighted by Crippen LogP contribution is 2.38. The number of esters is 1. The van der Waals surface area contributed by atoms with Gasteiger partial charge in [0.05, 0.1) is 17.8 Å². The van der Waals surface area contributed by atoms with Crippen molar-refractivity contribution in [3.63, 3.8) is 0 Å². The highest BCUT2D eigenvalue weighted by atomic mass is 16.5. The van der Waals surface area contributed by atoms with E-state index in [0.29, 0.717) is 39.4 Å². The van der Waals surface area contributed by atoms with Crippen LogP contribution in [0.4, 0.5) is 11.4 Å². The van der Waals surface area contributed by atoms with Crippen LogP contribution in [0, 0.1) is 0 Å². The number of carbonyl (C=O) groups excluding carboxylic acids is 2. The molecule has 33 heavy (non-hydrogen) atoms. The second-order valence-electron chi connectivity index (χ2n) is 8.14. The molecule has 0 saturated heterocycles. The van der Waals surface area contributed by atoms with E-state index in [1.165, 1.54) is 6.07 Å². The van der Waals surface area contributed by atoms with E-state index in [0.717, 1.165) is 0 Å². The molecule has 0 unspecified atom stereocenters. The summed E-state index contributed by atoms with van der Waals surface area (Å²) in [6.07, 6.45) is -0.396. The van der Waals surface area contributed by atoms with Gasteiger partial charge in [-0.25, -0.2) is 4.79 Å². The van der Waals surface area contributed by atoms with E-state index >= 15 is 0 Å². The first-order chi connectivity index (χ1) is 15.6. The van der Waals surface area contributed by atoms with Gasteiger partial charge in [0, 0.05) is 34.1 Å². The van der Waals surface area contributed by atoms with Crippen LogP contribution in [-0.2, 0) is 4.74 Å². The van der Waals surface area contributed by atoms with Crippen molar-refractivity contribution in [1.29, 1.82) is 0 Å². The summed E-state index contributed by atoms with van der Waals surface area (Å²) in [6, 6.07) is 16.3. The lowest BCUT2D eigenvalue weighted by molar-refractivity contribution is 0.0377. The van der Waals surface area contributed by atoms with Crippen molar-refractivity contribution in [3.8, 4) is 22.6 Å². The van der Waals surface area contributed by atoms with Crippen molar-refractivity contribution < 1.29 is 24.2 Å². The summed E-state index contributed by atoms with van der Waals surface area (Å²) in [4.78, 5) is 24.8. The number of aromatic hydroxyl groups is 1. The Balaban J connectivity index is 1.89. The smallest absolute Gasteiger partial charge is 0.338 e. The topological polar surface area (TPSA) is 111 Å². The zero-order chi connectivity index (χ0) is 24.1. The molecule has 0 bridgehead atoms. The van der Waals surface area contributed by atoms with Gasteiger partial charge in [0.15, 0.2) is 0 Å². The lowest BCUT2D eigenvalue weighted by Crippen LogP contribution is -2.13. The summed E-state index contributed by atoms with van der Waals surface area (Å²) in [5.41, 5.74) is 8.57. The van der Waals surface area contributed by atoms with Crippen molar-refractivity contribution in [2.24, 2.45) is 0 Å². The minimum absolute atomic E-state index is 0.0452. The minimum atomic E-state index is -0.449. The molecular formula is C26H28N2O5. The fraction of sp³-hybridized carbons (Fsp3) is 0.231. The summed E-state index contributed by atoms with van der Waals surface area (Å²) in [5, 5.41) is 13.5. The maximum Gasteiger partial charge on any atom is 0.338 e. The molecule has 0 heterocycles. The van der Waals surface area contributed by atoms with E-state index in [9.17, 15) is 14.7 Å². The molecular weight excluding hydrogens is 420 g/mol. The van der Waals surface area contributed by atoms with E-state index in [-0.39, 0.29) is 23.9 Å². The normalized spacial score (nSPS) is 10.8. The highest BCUT2D eigenvalue weighted by molar-refractivity contribution is 6.04.